The molecular weight excluding hydrogens is 373 g/mol. The third-order valence-electron chi connectivity index (χ3n) is 4.15. The summed E-state index contributed by atoms with van der Waals surface area (Å²) in [6, 6.07) is 4.65. The van der Waals surface area contributed by atoms with Gasteiger partial charge in [0.05, 0.1) is 23.1 Å². The molecule has 0 aliphatic carbocycles. The van der Waals surface area contributed by atoms with Crippen LogP contribution in [0.5, 0.6) is 0 Å². The van der Waals surface area contributed by atoms with Gasteiger partial charge in [0.1, 0.15) is 6.26 Å². The third-order valence-corrected chi connectivity index (χ3v) is 4.15. The second-order valence-corrected chi connectivity index (χ2v) is 6.44. The molecule has 1 aromatic heterocycles. The maximum atomic E-state index is 13.4. The van der Waals surface area contributed by atoms with E-state index in [1.54, 1.807) is 0 Å². The van der Waals surface area contributed by atoms with Crippen LogP contribution in [0.25, 0.3) is 0 Å². The normalized spacial score (nSPS) is 11.3. The van der Waals surface area contributed by atoms with Gasteiger partial charge in [-0.1, -0.05) is 32.6 Å². The number of alkyl halides is 3. The van der Waals surface area contributed by atoms with Crippen LogP contribution in [0.15, 0.2) is 41.2 Å². The number of halogens is 3. The van der Waals surface area contributed by atoms with E-state index in [1.807, 2.05) is 0 Å². The number of nitrogens with one attached hydrogen (secondary N) is 2. The maximum Gasteiger partial charge on any atom is 0.418 e. The van der Waals surface area contributed by atoms with Crippen LogP contribution in [0.4, 0.5) is 24.5 Å². The van der Waals surface area contributed by atoms with Crippen molar-refractivity contribution in [3.8, 4) is 0 Å². The summed E-state index contributed by atoms with van der Waals surface area (Å²) in [5.41, 5.74) is -1.19. The smallest absolute Gasteiger partial charge is 0.418 e. The molecule has 0 atom stereocenters. The molecule has 0 aliphatic heterocycles. The van der Waals surface area contributed by atoms with Gasteiger partial charge in [0.15, 0.2) is 0 Å². The summed E-state index contributed by atoms with van der Waals surface area (Å²) < 4.78 is 45.0. The zero-order valence-electron chi connectivity index (χ0n) is 15.6. The van der Waals surface area contributed by atoms with Gasteiger partial charge in [-0.25, -0.2) is 0 Å². The molecular formula is C20H23F3N2O3. The molecule has 0 saturated heterocycles. The Morgan fingerprint density at radius 2 is 1.79 bits per heavy atom. The minimum absolute atomic E-state index is 0.0314. The van der Waals surface area contributed by atoms with Gasteiger partial charge in [0.25, 0.3) is 5.91 Å². The van der Waals surface area contributed by atoms with Crippen molar-refractivity contribution in [2.75, 3.05) is 10.6 Å². The number of carbonyl (C=O) groups is 2. The van der Waals surface area contributed by atoms with Crippen LogP contribution in [-0.4, -0.2) is 11.8 Å². The van der Waals surface area contributed by atoms with E-state index >= 15 is 0 Å². The van der Waals surface area contributed by atoms with Gasteiger partial charge in [-0.05, 0) is 30.7 Å². The van der Waals surface area contributed by atoms with E-state index in [4.69, 9.17) is 4.42 Å². The SMILES string of the molecule is CCCCCCCC(=O)Nc1ccc(NC(=O)c2ccoc2)cc1C(F)(F)F. The predicted octanol–water partition coefficient (Wildman–Crippen LogP) is 5.85. The van der Waals surface area contributed by atoms with Crippen molar-refractivity contribution in [3.05, 3.63) is 47.9 Å². The number of furan rings is 1. The average molecular weight is 396 g/mol. The van der Waals surface area contributed by atoms with Crippen LogP contribution in [0, 0.1) is 0 Å². The maximum absolute atomic E-state index is 13.4. The van der Waals surface area contributed by atoms with Crippen molar-refractivity contribution in [1.82, 2.24) is 0 Å². The molecule has 2 rings (SSSR count). The third kappa shape index (κ3) is 6.44. The molecule has 0 aliphatic rings. The van der Waals surface area contributed by atoms with Crippen LogP contribution < -0.4 is 10.6 Å². The highest BCUT2D eigenvalue weighted by atomic mass is 19.4. The molecule has 5 nitrogen and oxygen atoms in total. The molecule has 0 unspecified atom stereocenters. The lowest BCUT2D eigenvalue weighted by Crippen LogP contribution is -2.17. The van der Waals surface area contributed by atoms with Crippen molar-refractivity contribution in [3.63, 3.8) is 0 Å². The number of amides is 2. The second kappa shape index (κ2) is 9.96. The minimum atomic E-state index is -4.68. The molecule has 0 saturated carbocycles. The number of anilines is 2. The molecule has 2 amide bonds. The summed E-state index contributed by atoms with van der Waals surface area (Å²) in [4.78, 5) is 24.0. The minimum Gasteiger partial charge on any atom is -0.472 e. The Kier molecular flexibility index (Phi) is 7.66. The Morgan fingerprint density at radius 1 is 1.04 bits per heavy atom. The zero-order valence-corrected chi connectivity index (χ0v) is 15.6. The Morgan fingerprint density at radius 3 is 2.43 bits per heavy atom. The highest BCUT2D eigenvalue weighted by molar-refractivity contribution is 6.04. The zero-order chi connectivity index (χ0) is 20.6. The number of hydrogen-bond donors (Lipinski definition) is 2. The van der Waals surface area contributed by atoms with E-state index in [-0.39, 0.29) is 23.4 Å². The number of benzene rings is 1. The first kappa shape index (κ1) is 21.5. The lowest BCUT2D eigenvalue weighted by Gasteiger charge is -2.16. The number of carbonyl (C=O) groups excluding carboxylic acids is 2. The summed E-state index contributed by atoms with van der Waals surface area (Å²) >= 11 is 0. The standard InChI is InChI=1S/C20H23F3N2O3/c1-2-3-4-5-6-7-18(26)25-17-9-8-15(12-16(17)20(21,22)23)24-19(27)14-10-11-28-13-14/h8-13H,2-7H2,1H3,(H,24,27)(H,25,26). The lowest BCUT2D eigenvalue weighted by molar-refractivity contribution is -0.136. The number of hydrogen-bond acceptors (Lipinski definition) is 3. The second-order valence-electron chi connectivity index (χ2n) is 6.44. The fourth-order valence-corrected chi connectivity index (χ4v) is 2.66. The molecule has 0 bridgehead atoms. The van der Waals surface area contributed by atoms with Crippen LogP contribution in [-0.2, 0) is 11.0 Å². The summed E-state index contributed by atoms with van der Waals surface area (Å²) in [5, 5.41) is 4.71. The predicted molar refractivity (Wildman–Crippen MR) is 100 cm³/mol. The van der Waals surface area contributed by atoms with E-state index in [0.29, 0.717) is 6.42 Å². The number of rotatable bonds is 9. The Balaban J connectivity index is 2.05. The summed E-state index contributed by atoms with van der Waals surface area (Å²) in [7, 11) is 0. The Hall–Kier alpha value is -2.77. The Labute approximate surface area is 161 Å². The highest BCUT2D eigenvalue weighted by Gasteiger charge is 2.34. The molecule has 0 fully saturated rings. The Bertz CT molecular complexity index is 786. The first-order valence-electron chi connectivity index (χ1n) is 9.16. The molecule has 0 spiro atoms. The van der Waals surface area contributed by atoms with E-state index in [2.05, 4.69) is 17.6 Å². The summed E-state index contributed by atoms with van der Waals surface area (Å²) in [6.45, 7) is 2.08. The van der Waals surface area contributed by atoms with Crippen molar-refractivity contribution in [1.29, 1.82) is 0 Å². The van der Waals surface area contributed by atoms with Crippen LogP contribution >= 0.6 is 0 Å². The van der Waals surface area contributed by atoms with Crippen molar-refractivity contribution in [2.45, 2.75) is 51.6 Å². The van der Waals surface area contributed by atoms with Crippen LogP contribution in [0.3, 0.4) is 0 Å². The van der Waals surface area contributed by atoms with E-state index in [1.165, 1.54) is 24.7 Å². The largest absolute Gasteiger partial charge is 0.472 e. The fraction of sp³-hybridized carbons (Fsp3) is 0.400. The molecule has 2 N–H and O–H groups in total. The topological polar surface area (TPSA) is 71.3 Å². The van der Waals surface area contributed by atoms with Gasteiger partial charge in [0, 0.05) is 12.1 Å². The van der Waals surface area contributed by atoms with Gasteiger partial charge >= 0.3 is 6.18 Å². The first-order chi connectivity index (χ1) is 13.3. The summed E-state index contributed by atoms with van der Waals surface area (Å²) in [5.74, 6) is -1.05. The van der Waals surface area contributed by atoms with E-state index < -0.39 is 23.6 Å². The van der Waals surface area contributed by atoms with Crippen LogP contribution in [0.2, 0.25) is 0 Å². The molecule has 2 aromatic rings. The van der Waals surface area contributed by atoms with E-state index in [9.17, 15) is 22.8 Å². The molecule has 1 aromatic carbocycles. The number of unbranched alkanes of at least 4 members (excludes halogenated alkanes) is 4. The molecule has 8 heteroatoms. The quantitative estimate of drug-likeness (QED) is 0.522. The molecule has 0 radical (unpaired) electrons. The van der Waals surface area contributed by atoms with Crippen molar-refractivity contribution < 1.29 is 27.2 Å². The van der Waals surface area contributed by atoms with Crippen molar-refractivity contribution in [2.24, 2.45) is 0 Å². The van der Waals surface area contributed by atoms with Gasteiger partial charge in [-0.2, -0.15) is 13.2 Å². The average Bonchev–Trinajstić information content (AvgIpc) is 3.17. The molecule has 1 heterocycles. The molecule has 28 heavy (non-hydrogen) atoms. The first-order valence-corrected chi connectivity index (χ1v) is 9.16. The highest BCUT2D eigenvalue weighted by Crippen LogP contribution is 2.36. The van der Waals surface area contributed by atoms with Gasteiger partial charge in [-0.15, -0.1) is 0 Å². The summed E-state index contributed by atoms with van der Waals surface area (Å²) in [6.07, 6.45) is 2.61. The monoisotopic (exact) mass is 396 g/mol. The van der Waals surface area contributed by atoms with Gasteiger partial charge in [-0.3, -0.25) is 9.59 Å². The molecule has 152 valence electrons. The van der Waals surface area contributed by atoms with Gasteiger partial charge in [0.2, 0.25) is 5.91 Å². The fourth-order valence-electron chi connectivity index (χ4n) is 2.66. The van der Waals surface area contributed by atoms with Crippen LogP contribution in [0.1, 0.15) is 61.4 Å². The van der Waals surface area contributed by atoms with E-state index in [0.717, 1.165) is 37.8 Å². The lowest BCUT2D eigenvalue weighted by atomic mass is 10.1. The van der Waals surface area contributed by atoms with Gasteiger partial charge < -0.3 is 15.1 Å². The van der Waals surface area contributed by atoms with Crippen molar-refractivity contribution >= 4 is 23.2 Å².